The molecule has 0 bridgehead atoms. The van der Waals surface area contributed by atoms with Crippen molar-refractivity contribution < 1.29 is 9.53 Å². The molecule has 1 heterocycles. The number of carbonyl (C=O) groups is 1. The summed E-state index contributed by atoms with van der Waals surface area (Å²) >= 11 is 1.40. The number of aromatic nitrogens is 1. The van der Waals surface area contributed by atoms with Gasteiger partial charge in [0.2, 0.25) is 0 Å². The second-order valence-electron chi connectivity index (χ2n) is 6.45. The van der Waals surface area contributed by atoms with Crippen LogP contribution in [0.15, 0.2) is 53.9 Å². The average molecular weight is 382 g/mol. The zero-order chi connectivity index (χ0) is 19.2. The lowest BCUT2D eigenvalue weighted by Gasteiger charge is -2.13. The molecule has 0 unspecified atom stereocenters. The van der Waals surface area contributed by atoms with Gasteiger partial charge in [0.25, 0.3) is 5.91 Å². The molecule has 0 saturated carbocycles. The molecule has 1 amide bonds. The first-order chi connectivity index (χ1) is 13.0. The maximum atomic E-state index is 12.5. The van der Waals surface area contributed by atoms with Gasteiger partial charge in [0.1, 0.15) is 12.4 Å². The standard InChI is InChI=1S/C21H23N3O2S/c1-15-8-4-5-9-16(15)20(25)23-21-22-18(14-27-21)17-10-6-7-11-19(17)26-13-12-24(2)3/h4-11,14H,12-13H2,1-3H3,(H,22,23,25). The van der Waals surface area contributed by atoms with Crippen LogP contribution in [0.5, 0.6) is 5.75 Å². The Kier molecular flexibility index (Phi) is 6.21. The minimum Gasteiger partial charge on any atom is -0.492 e. The molecule has 6 heteroatoms. The van der Waals surface area contributed by atoms with Crippen molar-refractivity contribution in [2.75, 3.05) is 32.6 Å². The maximum absolute atomic E-state index is 12.5. The van der Waals surface area contributed by atoms with E-state index in [1.807, 2.05) is 74.9 Å². The Hall–Kier alpha value is -2.70. The van der Waals surface area contributed by atoms with Crippen molar-refractivity contribution in [1.29, 1.82) is 0 Å². The largest absolute Gasteiger partial charge is 0.492 e. The van der Waals surface area contributed by atoms with Crippen LogP contribution in [0.1, 0.15) is 15.9 Å². The molecule has 0 aliphatic rings. The summed E-state index contributed by atoms with van der Waals surface area (Å²) in [5.41, 5.74) is 3.30. The van der Waals surface area contributed by atoms with Crippen molar-refractivity contribution in [3.8, 4) is 17.0 Å². The molecule has 3 aromatic rings. The van der Waals surface area contributed by atoms with Crippen LogP contribution in [0, 0.1) is 6.92 Å². The van der Waals surface area contributed by atoms with Gasteiger partial charge in [-0.2, -0.15) is 0 Å². The number of aryl methyl sites for hydroxylation is 1. The first-order valence-corrected chi connectivity index (χ1v) is 9.62. The maximum Gasteiger partial charge on any atom is 0.257 e. The highest BCUT2D eigenvalue weighted by Crippen LogP contribution is 2.32. The Bertz CT molecular complexity index is 921. The lowest BCUT2D eigenvalue weighted by Crippen LogP contribution is -2.19. The zero-order valence-corrected chi connectivity index (χ0v) is 16.5. The SMILES string of the molecule is Cc1ccccc1C(=O)Nc1nc(-c2ccccc2OCCN(C)C)cs1. The van der Waals surface area contributed by atoms with E-state index in [1.165, 1.54) is 11.3 Å². The summed E-state index contributed by atoms with van der Waals surface area (Å²) in [5.74, 6) is 0.644. The Morgan fingerprint density at radius 1 is 1.15 bits per heavy atom. The fourth-order valence-corrected chi connectivity index (χ4v) is 3.29. The molecule has 1 aromatic heterocycles. The van der Waals surface area contributed by atoms with Crippen molar-refractivity contribution in [1.82, 2.24) is 9.88 Å². The van der Waals surface area contributed by atoms with Gasteiger partial charge < -0.3 is 9.64 Å². The summed E-state index contributed by atoms with van der Waals surface area (Å²) in [7, 11) is 4.03. The average Bonchev–Trinajstić information content (AvgIpc) is 3.10. The molecule has 2 aromatic carbocycles. The number of amides is 1. The van der Waals surface area contributed by atoms with Crippen molar-refractivity contribution in [2.45, 2.75) is 6.92 Å². The van der Waals surface area contributed by atoms with Gasteiger partial charge in [-0.1, -0.05) is 30.3 Å². The molecular formula is C21H23N3O2S. The summed E-state index contributed by atoms with van der Waals surface area (Å²) in [6.07, 6.45) is 0. The molecule has 27 heavy (non-hydrogen) atoms. The lowest BCUT2D eigenvalue weighted by molar-refractivity contribution is 0.102. The summed E-state index contributed by atoms with van der Waals surface area (Å²) in [5, 5.41) is 5.39. The summed E-state index contributed by atoms with van der Waals surface area (Å²) in [6.45, 7) is 3.36. The molecule has 0 aliphatic heterocycles. The van der Waals surface area contributed by atoms with Gasteiger partial charge in [0, 0.05) is 23.1 Å². The molecule has 0 aliphatic carbocycles. The van der Waals surface area contributed by atoms with Crippen molar-refractivity contribution >= 4 is 22.4 Å². The molecule has 0 radical (unpaired) electrons. The second kappa shape index (κ2) is 8.79. The van der Waals surface area contributed by atoms with Crippen LogP contribution in [0.3, 0.4) is 0 Å². The summed E-state index contributed by atoms with van der Waals surface area (Å²) < 4.78 is 5.91. The van der Waals surface area contributed by atoms with Crippen LogP contribution in [0.25, 0.3) is 11.3 Å². The van der Waals surface area contributed by atoms with Gasteiger partial charge >= 0.3 is 0 Å². The van der Waals surface area contributed by atoms with E-state index in [1.54, 1.807) is 0 Å². The van der Waals surface area contributed by atoms with Crippen LogP contribution in [-0.2, 0) is 0 Å². The topological polar surface area (TPSA) is 54.5 Å². The van der Waals surface area contributed by atoms with E-state index in [-0.39, 0.29) is 5.91 Å². The Balaban J connectivity index is 1.74. The molecule has 0 saturated heterocycles. The molecule has 0 fully saturated rings. The number of nitrogens with zero attached hydrogens (tertiary/aromatic N) is 2. The van der Waals surface area contributed by atoms with Gasteiger partial charge in [0.15, 0.2) is 5.13 Å². The highest BCUT2D eigenvalue weighted by molar-refractivity contribution is 7.14. The number of carbonyl (C=O) groups excluding carboxylic acids is 1. The first-order valence-electron chi connectivity index (χ1n) is 8.74. The van der Waals surface area contributed by atoms with Gasteiger partial charge in [-0.05, 0) is 44.8 Å². The minimum absolute atomic E-state index is 0.149. The monoisotopic (exact) mass is 381 g/mol. The third-order valence-corrected chi connectivity index (χ3v) is 4.83. The normalized spacial score (nSPS) is 10.8. The predicted octanol–water partition coefficient (Wildman–Crippen LogP) is 4.31. The number of benzene rings is 2. The Labute approximate surface area is 163 Å². The van der Waals surface area contributed by atoms with Gasteiger partial charge in [-0.15, -0.1) is 11.3 Å². The summed E-state index contributed by atoms with van der Waals surface area (Å²) in [6, 6.07) is 15.3. The number of nitrogens with one attached hydrogen (secondary N) is 1. The number of hydrogen-bond acceptors (Lipinski definition) is 5. The number of para-hydroxylation sites is 1. The minimum atomic E-state index is -0.149. The van der Waals surface area contributed by atoms with E-state index >= 15 is 0 Å². The van der Waals surface area contributed by atoms with Crippen LogP contribution < -0.4 is 10.1 Å². The fourth-order valence-electron chi connectivity index (χ4n) is 2.59. The van der Waals surface area contributed by atoms with E-state index in [2.05, 4.69) is 15.2 Å². The molecule has 140 valence electrons. The number of rotatable bonds is 7. The molecule has 0 atom stereocenters. The molecule has 0 spiro atoms. The van der Waals surface area contributed by atoms with Crippen molar-refractivity contribution in [3.63, 3.8) is 0 Å². The third-order valence-electron chi connectivity index (χ3n) is 4.07. The summed E-state index contributed by atoms with van der Waals surface area (Å²) in [4.78, 5) is 19.1. The molecular weight excluding hydrogens is 358 g/mol. The molecule has 5 nitrogen and oxygen atoms in total. The predicted molar refractivity (Wildman–Crippen MR) is 111 cm³/mol. The Morgan fingerprint density at radius 3 is 2.67 bits per heavy atom. The number of thiazole rings is 1. The van der Waals surface area contributed by atoms with Crippen LogP contribution in [0.2, 0.25) is 0 Å². The Morgan fingerprint density at radius 2 is 1.89 bits per heavy atom. The lowest BCUT2D eigenvalue weighted by atomic mass is 10.1. The van der Waals surface area contributed by atoms with E-state index in [0.29, 0.717) is 17.3 Å². The number of hydrogen-bond donors (Lipinski definition) is 1. The van der Waals surface area contributed by atoms with Gasteiger partial charge in [-0.25, -0.2) is 4.98 Å². The van der Waals surface area contributed by atoms with Gasteiger partial charge in [-0.3, -0.25) is 10.1 Å². The van der Waals surface area contributed by atoms with E-state index in [9.17, 15) is 4.79 Å². The highest BCUT2D eigenvalue weighted by atomic mass is 32.1. The van der Waals surface area contributed by atoms with Gasteiger partial charge in [0.05, 0.1) is 5.69 Å². The van der Waals surface area contributed by atoms with Crippen LogP contribution in [0.4, 0.5) is 5.13 Å². The van der Waals surface area contributed by atoms with Crippen molar-refractivity contribution in [2.24, 2.45) is 0 Å². The highest BCUT2D eigenvalue weighted by Gasteiger charge is 2.13. The number of anilines is 1. The first kappa shape index (κ1) is 19.1. The second-order valence-corrected chi connectivity index (χ2v) is 7.31. The third kappa shape index (κ3) is 4.93. The van der Waals surface area contributed by atoms with E-state index < -0.39 is 0 Å². The quantitative estimate of drug-likeness (QED) is 0.663. The molecule has 3 rings (SSSR count). The van der Waals surface area contributed by atoms with E-state index in [0.717, 1.165) is 29.1 Å². The van der Waals surface area contributed by atoms with Crippen LogP contribution >= 0.6 is 11.3 Å². The number of ether oxygens (including phenoxy) is 1. The van der Waals surface area contributed by atoms with Crippen LogP contribution in [-0.4, -0.2) is 43.0 Å². The van der Waals surface area contributed by atoms with E-state index in [4.69, 9.17) is 4.74 Å². The number of likely N-dealkylation sites (N-methyl/N-ethyl adjacent to an activating group) is 1. The zero-order valence-electron chi connectivity index (χ0n) is 15.7. The smallest absolute Gasteiger partial charge is 0.257 e. The van der Waals surface area contributed by atoms with Crippen molar-refractivity contribution in [3.05, 3.63) is 65.0 Å². The fraction of sp³-hybridized carbons (Fsp3) is 0.238. The molecule has 1 N–H and O–H groups in total.